The van der Waals surface area contributed by atoms with Crippen LogP contribution in [-0.2, 0) is 4.79 Å². The molecule has 134 valence electrons. The van der Waals surface area contributed by atoms with Gasteiger partial charge in [0.25, 0.3) is 5.91 Å². The summed E-state index contributed by atoms with van der Waals surface area (Å²) in [7, 11) is 0. The van der Waals surface area contributed by atoms with Crippen molar-refractivity contribution in [3.05, 3.63) is 47.4 Å². The summed E-state index contributed by atoms with van der Waals surface area (Å²) >= 11 is 6.17. The Labute approximate surface area is 151 Å². The molecule has 0 saturated heterocycles. The zero-order valence-electron chi connectivity index (χ0n) is 13.9. The minimum Gasteiger partial charge on any atom is -0.459 e. The number of halogens is 1. The fourth-order valence-corrected chi connectivity index (χ4v) is 2.52. The molecule has 0 aliphatic rings. The van der Waals surface area contributed by atoms with Crippen molar-refractivity contribution in [2.75, 3.05) is 17.2 Å². The first kappa shape index (κ1) is 19.0. The second-order valence-corrected chi connectivity index (χ2v) is 6.03. The molecule has 0 aliphatic carbocycles. The van der Waals surface area contributed by atoms with Gasteiger partial charge in [-0.2, -0.15) is 0 Å². The third kappa shape index (κ3) is 6.25. The van der Waals surface area contributed by atoms with Gasteiger partial charge in [-0.05, 0) is 49.7 Å². The maximum atomic E-state index is 11.9. The summed E-state index contributed by atoms with van der Waals surface area (Å²) in [5, 5.41) is 5.80. The molecule has 0 bridgehead atoms. The molecular formula is C18H22ClN3O3. The van der Waals surface area contributed by atoms with Gasteiger partial charge in [-0.15, -0.1) is 0 Å². The standard InChI is InChI=1S/C18H22ClN3O3/c19-14-12-13(21-17(23)7-3-1-2-4-10-20)8-9-15(14)22-18(24)16-6-5-11-25-16/h5-6,8-9,11-12H,1-4,7,10,20H2,(H,21,23)(H,22,24). The first-order valence-corrected chi connectivity index (χ1v) is 8.62. The van der Waals surface area contributed by atoms with E-state index in [0.29, 0.717) is 29.4 Å². The average Bonchev–Trinajstić information content (AvgIpc) is 3.12. The predicted molar refractivity (Wildman–Crippen MR) is 98.9 cm³/mol. The lowest BCUT2D eigenvalue weighted by Gasteiger charge is -2.09. The summed E-state index contributed by atoms with van der Waals surface area (Å²) in [6, 6.07) is 8.12. The summed E-state index contributed by atoms with van der Waals surface area (Å²) in [6.07, 6.45) is 5.73. The summed E-state index contributed by atoms with van der Waals surface area (Å²) in [5.41, 5.74) is 6.47. The van der Waals surface area contributed by atoms with Crippen molar-refractivity contribution in [3.63, 3.8) is 0 Å². The topological polar surface area (TPSA) is 97.4 Å². The number of benzene rings is 1. The number of hydrogen-bond donors (Lipinski definition) is 3. The minimum absolute atomic E-state index is 0.0591. The number of rotatable bonds is 9. The second kappa shape index (κ2) is 9.86. The van der Waals surface area contributed by atoms with E-state index < -0.39 is 0 Å². The van der Waals surface area contributed by atoms with E-state index in [2.05, 4.69) is 10.6 Å². The van der Waals surface area contributed by atoms with E-state index in [1.807, 2.05) is 0 Å². The van der Waals surface area contributed by atoms with Crippen molar-refractivity contribution >= 4 is 34.8 Å². The number of carbonyl (C=O) groups is 2. The van der Waals surface area contributed by atoms with Crippen LogP contribution in [0.2, 0.25) is 5.02 Å². The molecule has 1 heterocycles. The SMILES string of the molecule is NCCCCCCC(=O)Nc1ccc(NC(=O)c2ccco2)c(Cl)c1. The third-order valence-electron chi connectivity index (χ3n) is 3.60. The molecule has 4 N–H and O–H groups in total. The van der Waals surface area contributed by atoms with Crippen LogP contribution in [0.15, 0.2) is 41.0 Å². The molecule has 25 heavy (non-hydrogen) atoms. The highest BCUT2D eigenvalue weighted by molar-refractivity contribution is 6.34. The second-order valence-electron chi connectivity index (χ2n) is 5.63. The third-order valence-corrected chi connectivity index (χ3v) is 3.92. The molecule has 0 radical (unpaired) electrons. The molecule has 0 unspecified atom stereocenters. The van der Waals surface area contributed by atoms with Crippen molar-refractivity contribution in [1.29, 1.82) is 0 Å². The Balaban J connectivity index is 1.84. The fourth-order valence-electron chi connectivity index (χ4n) is 2.29. The highest BCUT2D eigenvalue weighted by Crippen LogP contribution is 2.26. The molecule has 0 fully saturated rings. The first-order chi connectivity index (χ1) is 12.1. The monoisotopic (exact) mass is 363 g/mol. The van der Waals surface area contributed by atoms with Gasteiger partial charge in [0.15, 0.2) is 5.76 Å². The molecule has 6 nitrogen and oxygen atoms in total. The molecule has 2 rings (SSSR count). The van der Waals surface area contributed by atoms with Gasteiger partial charge in [0, 0.05) is 12.1 Å². The summed E-state index contributed by atoms with van der Waals surface area (Å²) in [4.78, 5) is 23.9. The van der Waals surface area contributed by atoms with Gasteiger partial charge < -0.3 is 20.8 Å². The van der Waals surface area contributed by atoms with Crippen molar-refractivity contribution in [3.8, 4) is 0 Å². The molecule has 0 aliphatic heterocycles. The Morgan fingerprint density at radius 2 is 1.88 bits per heavy atom. The molecule has 1 aromatic carbocycles. The van der Waals surface area contributed by atoms with Gasteiger partial charge in [-0.25, -0.2) is 0 Å². The van der Waals surface area contributed by atoms with E-state index >= 15 is 0 Å². The Kier molecular flexibility index (Phi) is 7.50. The number of anilines is 2. The zero-order valence-corrected chi connectivity index (χ0v) is 14.6. The molecule has 0 saturated carbocycles. The van der Waals surface area contributed by atoms with Crippen molar-refractivity contribution in [2.24, 2.45) is 5.73 Å². The average molecular weight is 364 g/mol. The molecule has 2 aromatic rings. The molecule has 0 spiro atoms. The quantitative estimate of drug-likeness (QED) is 0.586. The minimum atomic E-state index is -0.388. The van der Waals surface area contributed by atoms with Gasteiger partial charge in [0.2, 0.25) is 5.91 Å². The summed E-state index contributed by atoms with van der Waals surface area (Å²) in [5.74, 6) is -0.250. The van der Waals surface area contributed by atoms with E-state index in [-0.39, 0.29) is 17.6 Å². The van der Waals surface area contributed by atoms with E-state index in [9.17, 15) is 9.59 Å². The van der Waals surface area contributed by atoms with Crippen LogP contribution >= 0.6 is 11.6 Å². The number of carbonyl (C=O) groups excluding carboxylic acids is 2. The Morgan fingerprint density at radius 3 is 2.56 bits per heavy atom. The summed E-state index contributed by atoms with van der Waals surface area (Å²) in [6.45, 7) is 0.688. The van der Waals surface area contributed by atoms with Crippen LogP contribution in [0.4, 0.5) is 11.4 Å². The number of furan rings is 1. The van der Waals surface area contributed by atoms with E-state index in [1.165, 1.54) is 6.26 Å². The van der Waals surface area contributed by atoms with E-state index in [0.717, 1.165) is 25.7 Å². The van der Waals surface area contributed by atoms with Crippen LogP contribution in [0.25, 0.3) is 0 Å². The number of hydrogen-bond acceptors (Lipinski definition) is 4. The summed E-state index contributed by atoms with van der Waals surface area (Å²) < 4.78 is 5.03. The van der Waals surface area contributed by atoms with Gasteiger partial charge >= 0.3 is 0 Å². The number of amides is 2. The van der Waals surface area contributed by atoms with Gasteiger partial charge in [-0.3, -0.25) is 9.59 Å². The molecule has 7 heteroatoms. The van der Waals surface area contributed by atoms with E-state index in [4.69, 9.17) is 21.8 Å². The van der Waals surface area contributed by atoms with Crippen LogP contribution in [0.1, 0.15) is 42.7 Å². The predicted octanol–water partition coefficient (Wildman–Crippen LogP) is 4.03. The van der Waals surface area contributed by atoms with Crippen LogP contribution in [0, 0.1) is 0 Å². The number of nitrogens with two attached hydrogens (primary N) is 1. The van der Waals surface area contributed by atoms with Crippen LogP contribution in [0.3, 0.4) is 0 Å². The number of unbranched alkanes of at least 4 members (excludes halogenated alkanes) is 3. The molecule has 0 atom stereocenters. The zero-order chi connectivity index (χ0) is 18.1. The lowest BCUT2D eigenvalue weighted by atomic mass is 10.1. The fraction of sp³-hybridized carbons (Fsp3) is 0.333. The Morgan fingerprint density at radius 1 is 1.08 bits per heavy atom. The van der Waals surface area contributed by atoms with Crippen molar-refractivity contribution < 1.29 is 14.0 Å². The molecule has 2 amide bonds. The van der Waals surface area contributed by atoms with E-state index in [1.54, 1.807) is 30.3 Å². The lowest BCUT2D eigenvalue weighted by Crippen LogP contribution is -2.13. The highest BCUT2D eigenvalue weighted by atomic mass is 35.5. The Hall–Kier alpha value is -2.31. The lowest BCUT2D eigenvalue weighted by molar-refractivity contribution is -0.116. The normalized spacial score (nSPS) is 10.5. The largest absolute Gasteiger partial charge is 0.459 e. The highest BCUT2D eigenvalue weighted by Gasteiger charge is 2.11. The molecular weight excluding hydrogens is 342 g/mol. The van der Waals surface area contributed by atoms with Crippen LogP contribution < -0.4 is 16.4 Å². The van der Waals surface area contributed by atoms with Crippen molar-refractivity contribution in [2.45, 2.75) is 32.1 Å². The van der Waals surface area contributed by atoms with Crippen LogP contribution in [-0.4, -0.2) is 18.4 Å². The van der Waals surface area contributed by atoms with Gasteiger partial charge in [0.1, 0.15) is 0 Å². The van der Waals surface area contributed by atoms with Gasteiger partial charge in [-0.1, -0.05) is 24.4 Å². The Bertz CT molecular complexity index is 702. The van der Waals surface area contributed by atoms with Gasteiger partial charge in [0.05, 0.1) is 17.0 Å². The smallest absolute Gasteiger partial charge is 0.291 e. The maximum Gasteiger partial charge on any atom is 0.291 e. The number of nitrogens with one attached hydrogen (secondary N) is 2. The molecule has 1 aromatic heterocycles. The van der Waals surface area contributed by atoms with Crippen molar-refractivity contribution in [1.82, 2.24) is 0 Å². The maximum absolute atomic E-state index is 11.9. The first-order valence-electron chi connectivity index (χ1n) is 8.24. The van der Waals surface area contributed by atoms with Crippen LogP contribution in [0.5, 0.6) is 0 Å².